The van der Waals surface area contributed by atoms with Gasteiger partial charge in [0.15, 0.2) is 0 Å². The molecule has 0 unspecified atom stereocenters. The van der Waals surface area contributed by atoms with E-state index in [1.54, 1.807) is 18.2 Å². The molecule has 0 aliphatic rings. The van der Waals surface area contributed by atoms with E-state index in [4.69, 9.17) is 16.1 Å². The summed E-state index contributed by atoms with van der Waals surface area (Å²) in [4.78, 5) is 0. The van der Waals surface area contributed by atoms with E-state index < -0.39 is 7.82 Å². The maximum absolute atomic E-state index is 11.7. The summed E-state index contributed by atoms with van der Waals surface area (Å²) in [6.45, 7) is 3.64. The van der Waals surface area contributed by atoms with Crippen molar-refractivity contribution in [1.29, 1.82) is 0 Å². The quantitative estimate of drug-likeness (QED) is 0.585. The number of halogens is 2. The molecule has 0 aliphatic carbocycles. The molecule has 1 aromatic rings. The third-order valence-electron chi connectivity index (χ3n) is 1.90. The Bertz CT molecular complexity index is 469. The summed E-state index contributed by atoms with van der Waals surface area (Å²) in [5, 5.41) is 0.420. The predicted molar refractivity (Wildman–Crippen MR) is 70.9 cm³/mol. The molecule has 7 heteroatoms. The zero-order valence-corrected chi connectivity index (χ0v) is 12.5. The zero-order valence-electron chi connectivity index (χ0n) is 9.28. The molecule has 4 nitrogen and oxygen atoms in total. The Labute approximate surface area is 113 Å². The van der Waals surface area contributed by atoms with Crippen LogP contribution in [0.2, 0.25) is 5.02 Å². The summed E-state index contributed by atoms with van der Waals surface area (Å²) in [6, 6.07) is 5.13. The van der Waals surface area contributed by atoms with Gasteiger partial charge in [0.1, 0.15) is 5.76 Å². The topological polar surface area (TPSA) is 44.8 Å². The fourth-order valence-corrected chi connectivity index (χ4v) is 2.49. The first kappa shape index (κ1) is 14.7. The Morgan fingerprint density at radius 1 is 1.41 bits per heavy atom. The molecule has 0 amide bonds. The number of hydrogen-bond acceptors (Lipinski definition) is 4. The van der Waals surface area contributed by atoms with Crippen molar-refractivity contribution >= 4 is 41.1 Å². The van der Waals surface area contributed by atoms with Crippen LogP contribution in [0.1, 0.15) is 5.56 Å². The summed E-state index contributed by atoms with van der Waals surface area (Å²) >= 11 is 9.27. The zero-order chi connectivity index (χ0) is 13.1. The van der Waals surface area contributed by atoms with Crippen molar-refractivity contribution < 1.29 is 18.1 Å². The molecule has 0 saturated carbocycles. The molecule has 0 atom stereocenters. The molecule has 0 N–H and O–H groups in total. The smallest absolute Gasteiger partial charge is 0.404 e. The van der Waals surface area contributed by atoms with Gasteiger partial charge >= 0.3 is 7.82 Å². The van der Waals surface area contributed by atoms with Gasteiger partial charge < -0.3 is 4.52 Å². The van der Waals surface area contributed by atoms with Crippen LogP contribution in [0.5, 0.6) is 0 Å². The minimum absolute atomic E-state index is 0.120. The highest BCUT2D eigenvalue weighted by Gasteiger charge is 2.26. The molecule has 0 fully saturated rings. The van der Waals surface area contributed by atoms with E-state index in [0.29, 0.717) is 10.6 Å². The minimum atomic E-state index is -3.60. The lowest BCUT2D eigenvalue weighted by Crippen LogP contribution is -1.95. The van der Waals surface area contributed by atoms with Gasteiger partial charge in [-0.3, -0.25) is 9.05 Å². The van der Waals surface area contributed by atoms with Gasteiger partial charge in [-0.05, 0) is 18.2 Å². The number of phosphoric ester groups is 1. The highest BCUT2D eigenvalue weighted by Crippen LogP contribution is 2.51. The maximum Gasteiger partial charge on any atom is 0.529 e. The lowest BCUT2D eigenvalue weighted by atomic mass is 10.2. The first-order valence-corrected chi connectivity index (χ1v) is 7.10. The first-order chi connectivity index (χ1) is 7.91. The fourth-order valence-electron chi connectivity index (χ4n) is 1.05. The van der Waals surface area contributed by atoms with E-state index in [1.165, 1.54) is 14.2 Å². The van der Waals surface area contributed by atoms with Gasteiger partial charge in [0.2, 0.25) is 0 Å². The Morgan fingerprint density at radius 2 is 2.00 bits per heavy atom. The van der Waals surface area contributed by atoms with Gasteiger partial charge in [-0.2, -0.15) is 0 Å². The molecule has 0 aromatic heterocycles. The third kappa shape index (κ3) is 3.83. The molecule has 0 saturated heterocycles. The lowest BCUT2D eigenvalue weighted by Gasteiger charge is -2.16. The Morgan fingerprint density at radius 3 is 2.47 bits per heavy atom. The monoisotopic (exact) mass is 340 g/mol. The third-order valence-corrected chi connectivity index (χ3v) is 4.05. The summed E-state index contributed by atoms with van der Waals surface area (Å²) in [5.41, 5.74) is 0.518. The van der Waals surface area contributed by atoms with Crippen LogP contribution in [0.3, 0.4) is 0 Å². The minimum Gasteiger partial charge on any atom is -0.404 e. The van der Waals surface area contributed by atoms with E-state index >= 15 is 0 Å². The summed E-state index contributed by atoms with van der Waals surface area (Å²) in [7, 11) is -1.16. The van der Waals surface area contributed by atoms with Gasteiger partial charge in [-0.25, -0.2) is 4.57 Å². The maximum atomic E-state index is 11.7. The van der Waals surface area contributed by atoms with Crippen molar-refractivity contribution in [2.45, 2.75) is 0 Å². The van der Waals surface area contributed by atoms with Gasteiger partial charge in [-0.1, -0.05) is 34.1 Å². The summed E-state index contributed by atoms with van der Waals surface area (Å²) < 4.78 is 26.9. The van der Waals surface area contributed by atoms with Gasteiger partial charge in [0.05, 0.1) is 5.02 Å². The van der Waals surface area contributed by atoms with Crippen LogP contribution in [-0.4, -0.2) is 14.2 Å². The Balaban J connectivity index is 2.94. The summed E-state index contributed by atoms with van der Waals surface area (Å²) in [6.07, 6.45) is 0. The molecule has 0 bridgehead atoms. The average Bonchev–Trinajstić information content (AvgIpc) is 2.28. The Kier molecular flexibility index (Phi) is 5.22. The second-order valence-electron chi connectivity index (χ2n) is 2.95. The molecule has 0 radical (unpaired) electrons. The second-order valence-corrected chi connectivity index (χ2v) is 6.08. The molecular weight excluding hydrogens is 330 g/mol. The number of phosphoric acid groups is 1. The molecule has 94 valence electrons. The molecule has 1 rings (SSSR count). The van der Waals surface area contributed by atoms with E-state index in [2.05, 4.69) is 31.6 Å². The van der Waals surface area contributed by atoms with Gasteiger partial charge in [0, 0.05) is 24.3 Å². The first-order valence-electron chi connectivity index (χ1n) is 4.47. The van der Waals surface area contributed by atoms with Crippen LogP contribution in [0.4, 0.5) is 0 Å². The van der Waals surface area contributed by atoms with Crippen LogP contribution >= 0.6 is 35.4 Å². The van der Waals surface area contributed by atoms with Gasteiger partial charge in [-0.15, -0.1) is 0 Å². The standard InChI is InChI=1S/C10H11BrClO4P/c1-7(16-17(13,14-2)15-3)9-5-4-8(11)6-10(9)12/h4-6H,1H2,2-3H3. The van der Waals surface area contributed by atoms with E-state index in [1.807, 2.05) is 0 Å². The van der Waals surface area contributed by atoms with Crippen molar-refractivity contribution in [3.8, 4) is 0 Å². The van der Waals surface area contributed by atoms with Crippen LogP contribution in [0.15, 0.2) is 29.3 Å². The molecular formula is C10H11BrClO4P. The number of rotatable bonds is 5. The molecule has 1 aromatic carbocycles. The SMILES string of the molecule is C=C(OP(=O)(OC)OC)c1ccc(Br)cc1Cl. The average molecular weight is 342 g/mol. The Hall–Kier alpha value is -0.320. The predicted octanol–water partition coefficient (Wildman–Crippen LogP) is 4.49. The molecule has 0 spiro atoms. The largest absolute Gasteiger partial charge is 0.529 e. The molecule has 0 aliphatic heterocycles. The van der Waals surface area contributed by atoms with Crippen LogP contribution in [-0.2, 0) is 18.1 Å². The second kappa shape index (κ2) is 6.03. The van der Waals surface area contributed by atoms with E-state index in [-0.39, 0.29) is 5.76 Å². The van der Waals surface area contributed by atoms with Crippen molar-refractivity contribution in [2.24, 2.45) is 0 Å². The van der Waals surface area contributed by atoms with E-state index in [9.17, 15) is 4.57 Å². The fraction of sp³-hybridized carbons (Fsp3) is 0.200. The number of hydrogen-bond donors (Lipinski definition) is 0. The van der Waals surface area contributed by atoms with Crippen molar-refractivity contribution in [2.75, 3.05) is 14.2 Å². The molecule has 17 heavy (non-hydrogen) atoms. The summed E-state index contributed by atoms with van der Waals surface area (Å²) in [5.74, 6) is 0.120. The molecule has 0 heterocycles. The number of benzene rings is 1. The van der Waals surface area contributed by atoms with Gasteiger partial charge in [0.25, 0.3) is 0 Å². The normalized spacial score (nSPS) is 11.3. The van der Waals surface area contributed by atoms with E-state index in [0.717, 1.165) is 4.47 Å². The van der Waals surface area contributed by atoms with Crippen molar-refractivity contribution in [1.82, 2.24) is 0 Å². The highest BCUT2D eigenvalue weighted by atomic mass is 79.9. The van der Waals surface area contributed by atoms with Crippen molar-refractivity contribution in [3.63, 3.8) is 0 Å². The van der Waals surface area contributed by atoms with Crippen LogP contribution in [0, 0.1) is 0 Å². The lowest BCUT2D eigenvalue weighted by molar-refractivity contribution is 0.201. The highest BCUT2D eigenvalue weighted by molar-refractivity contribution is 9.10. The van der Waals surface area contributed by atoms with Crippen molar-refractivity contribution in [3.05, 3.63) is 39.8 Å². The van der Waals surface area contributed by atoms with Crippen LogP contribution < -0.4 is 0 Å². The van der Waals surface area contributed by atoms with Crippen LogP contribution in [0.25, 0.3) is 5.76 Å².